The SMILES string of the molecule is CC1(C(=O)C2(C)CCOC(c3sc(N)nc3-c3ccco3)C2)CCOC(c2sc(N)nc2-c2ccco2)C1. The number of aromatic nitrogens is 2. The van der Waals surface area contributed by atoms with Gasteiger partial charge in [-0.1, -0.05) is 36.5 Å². The van der Waals surface area contributed by atoms with Crippen LogP contribution < -0.4 is 11.5 Å². The molecule has 2 saturated heterocycles. The van der Waals surface area contributed by atoms with E-state index in [1.807, 2.05) is 24.3 Å². The highest BCUT2D eigenvalue weighted by molar-refractivity contribution is 7.16. The second kappa shape index (κ2) is 9.64. The molecular weight excluding hydrogens is 524 g/mol. The fourth-order valence-corrected chi connectivity index (χ4v) is 7.56. The smallest absolute Gasteiger partial charge is 0.181 e. The molecule has 0 spiro atoms. The largest absolute Gasteiger partial charge is 0.463 e. The molecular formula is C27H30N4O5S2. The van der Waals surface area contributed by atoms with Crippen molar-refractivity contribution >= 4 is 38.7 Å². The van der Waals surface area contributed by atoms with Crippen molar-refractivity contribution in [2.45, 2.75) is 51.7 Å². The second-order valence-electron chi connectivity index (χ2n) is 10.6. The fraction of sp³-hybridized carbons (Fsp3) is 0.444. The van der Waals surface area contributed by atoms with Crippen LogP contribution in [0.3, 0.4) is 0 Å². The molecule has 4 aromatic rings. The summed E-state index contributed by atoms with van der Waals surface area (Å²) in [6.45, 7) is 5.09. The minimum absolute atomic E-state index is 0.237. The van der Waals surface area contributed by atoms with Gasteiger partial charge in [-0.25, -0.2) is 9.97 Å². The number of nitrogens with two attached hydrogens (primary N) is 2. The van der Waals surface area contributed by atoms with Gasteiger partial charge in [0.15, 0.2) is 21.8 Å². The number of hydrogen-bond acceptors (Lipinski definition) is 11. The number of carbonyl (C=O) groups is 1. The van der Waals surface area contributed by atoms with Crippen molar-refractivity contribution in [3.05, 3.63) is 46.5 Å². The van der Waals surface area contributed by atoms with Crippen LogP contribution in [0.1, 0.15) is 61.5 Å². The van der Waals surface area contributed by atoms with Gasteiger partial charge in [-0.2, -0.15) is 0 Å². The van der Waals surface area contributed by atoms with E-state index in [0.29, 0.717) is 72.1 Å². The molecule has 4 atom stereocenters. The summed E-state index contributed by atoms with van der Waals surface area (Å²) >= 11 is 2.78. The average molecular weight is 555 g/mol. The Bertz CT molecular complexity index is 1320. The number of nitrogen functional groups attached to an aromatic ring is 2. The minimum atomic E-state index is -0.574. The predicted octanol–water partition coefficient (Wildman–Crippen LogP) is 6.27. The third kappa shape index (κ3) is 4.47. The quantitative estimate of drug-likeness (QED) is 0.282. The summed E-state index contributed by atoms with van der Waals surface area (Å²) in [5.41, 5.74) is 12.4. The maximum absolute atomic E-state index is 14.4. The Morgan fingerprint density at radius 2 is 1.29 bits per heavy atom. The Labute approximate surface area is 228 Å². The molecule has 2 aliphatic heterocycles. The molecule has 0 amide bonds. The van der Waals surface area contributed by atoms with E-state index in [9.17, 15) is 4.79 Å². The van der Waals surface area contributed by atoms with E-state index in [1.54, 1.807) is 12.5 Å². The van der Waals surface area contributed by atoms with Crippen molar-refractivity contribution < 1.29 is 23.1 Å². The minimum Gasteiger partial charge on any atom is -0.463 e. The van der Waals surface area contributed by atoms with Gasteiger partial charge in [-0.3, -0.25) is 4.79 Å². The predicted molar refractivity (Wildman–Crippen MR) is 146 cm³/mol. The molecule has 2 aliphatic rings. The molecule has 0 aromatic carbocycles. The van der Waals surface area contributed by atoms with Crippen LogP contribution in [0.4, 0.5) is 10.3 Å². The average Bonchev–Trinajstić information content (AvgIpc) is 3.70. The lowest BCUT2D eigenvalue weighted by molar-refractivity contribution is -0.155. The zero-order valence-electron chi connectivity index (χ0n) is 21.3. The fourth-order valence-electron chi connectivity index (χ4n) is 5.79. The van der Waals surface area contributed by atoms with Crippen molar-refractivity contribution in [1.29, 1.82) is 0 Å². The standard InChI is InChI=1S/C27H30N4O5S2/c1-26(7-11-35-17(13-26)21-19(30-24(28)37-21)15-5-3-9-33-15)23(32)27(2)8-12-36-18(14-27)22-20(31-25(29)38-22)16-6-4-10-34-16/h3-6,9-10,17-18H,7-8,11-14H2,1-2H3,(H2,28,30)(H2,29,31). The Morgan fingerprint density at radius 3 is 1.68 bits per heavy atom. The van der Waals surface area contributed by atoms with E-state index in [-0.39, 0.29) is 18.0 Å². The maximum atomic E-state index is 14.4. The molecule has 11 heteroatoms. The summed E-state index contributed by atoms with van der Waals surface area (Å²) in [4.78, 5) is 25.2. The van der Waals surface area contributed by atoms with Gasteiger partial charge in [0.2, 0.25) is 0 Å². The summed E-state index contributed by atoms with van der Waals surface area (Å²) in [6, 6.07) is 7.36. The molecule has 4 N–H and O–H groups in total. The van der Waals surface area contributed by atoms with Gasteiger partial charge >= 0.3 is 0 Å². The first-order chi connectivity index (χ1) is 18.3. The molecule has 0 saturated carbocycles. The van der Waals surface area contributed by atoms with E-state index in [1.165, 1.54) is 22.7 Å². The van der Waals surface area contributed by atoms with Crippen molar-refractivity contribution in [2.24, 2.45) is 10.8 Å². The summed E-state index contributed by atoms with van der Waals surface area (Å²) in [6.07, 6.45) is 5.04. The van der Waals surface area contributed by atoms with Crippen LogP contribution in [0.25, 0.3) is 22.9 Å². The van der Waals surface area contributed by atoms with Gasteiger partial charge < -0.3 is 29.8 Å². The zero-order chi connectivity index (χ0) is 26.5. The summed E-state index contributed by atoms with van der Waals surface area (Å²) in [5.74, 6) is 1.52. The lowest BCUT2D eigenvalue weighted by atomic mass is 9.63. The second-order valence-corrected chi connectivity index (χ2v) is 12.7. The number of ketones is 1. The van der Waals surface area contributed by atoms with Crippen molar-refractivity contribution in [3.8, 4) is 22.9 Å². The molecule has 0 radical (unpaired) electrons. The van der Waals surface area contributed by atoms with Crippen LogP contribution in [0.15, 0.2) is 45.6 Å². The molecule has 200 valence electrons. The van der Waals surface area contributed by atoms with Crippen LogP contribution >= 0.6 is 22.7 Å². The van der Waals surface area contributed by atoms with Gasteiger partial charge in [0.1, 0.15) is 17.2 Å². The first-order valence-electron chi connectivity index (χ1n) is 12.6. The van der Waals surface area contributed by atoms with Gasteiger partial charge in [-0.15, -0.1) is 0 Å². The summed E-state index contributed by atoms with van der Waals surface area (Å²) < 4.78 is 23.6. The number of furan rings is 2. The van der Waals surface area contributed by atoms with Gasteiger partial charge in [-0.05, 0) is 49.9 Å². The summed E-state index contributed by atoms with van der Waals surface area (Å²) in [5, 5.41) is 0.896. The van der Waals surface area contributed by atoms with Gasteiger partial charge in [0.05, 0.1) is 34.5 Å². The number of rotatable bonds is 6. The molecule has 4 unspecified atom stereocenters. The van der Waals surface area contributed by atoms with Crippen LogP contribution in [-0.2, 0) is 14.3 Å². The number of hydrogen-bond donors (Lipinski definition) is 2. The van der Waals surface area contributed by atoms with Gasteiger partial charge in [0, 0.05) is 24.0 Å². The topological polar surface area (TPSA) is 140 Å². The number of anilines is 2. The highest BCUT2D eigenvalue weighted by Crippen LogP contribution is 2.52. The zero-order valence-corrected chi connectivity index (χ0v) is 22.9. The highest BCUT2D eigenvalue weighted by Gasteiger charge is 2.50. The van der Waals surface area contributed by atoms with Crippen molar-refractivity contribution in [2.75, 3.05) is 24.7 Å². The Morgan fingerprint density at radius 1 is 0.842 bits per heavy atom. The number of carbonyl (C=O) groups excluding carboxylic acids is 1. The Kier molecular flexibility index (Phi) is 6.42. The van der Waals surface area contributed by atoms with E-state index in [4.69, 9.17) is 29.8 Å². The van der Waals surface area contributed by atoms with Crippen LogP contribution in [-0.4, -0.2) is 29.0 Å². The number of thiazole rings is 2. The number of nitrogens with zero attached hydrogens (tertiary/aromatic N) is 2. The molecule has 6 heterocycles. The van der Waals surface area contributed by atoms with Crippen molar-refractivity contribution in [1.82, 2.24) is 9.97 Å². The number of ether oxygens (including phenoxy) is 2. The van der Waals surface area contributed by atoms with Crippen molar-refractivity contribution in [3.63, 3.8) is 0 Å². The third-order valence-electron chi connectivity index (χ3n) is 7.75. The Balaban J connectivity index is 1.26. The van der Waals surface area contributed by atoms with Crippen LogP contribution in [0.2, 0.25) is 0 Å². The number of Topliss-reactive ketones (excluding diaryl/α,β-unsaturated/α-hetero) is 1. The third-order valence-corrected chi connectivity index (χ3v) is 9.70. The molecule has 2 fully saturated rings. The van der Waals surface area contributed by atoms with E-state index >= 15 is 0 Å². The molecule has 4 aromatic heterocycles. The molecule has 6 rings (SSSR count). The monoisotopic (exact) mass is 554 g/mol. The van der Waals surface area contributed by atoms with Crippen LogP contribution in [0.5, 0.6) is 0 Å². The molecule has 0 aliphatic carbocycles. The molecule has 9 nitrogen and oxygen atoms in total. The summed E-state index contributed by atoms with van der Waals surface area (Å²) in [7, 11) is 0. The van der Waals surface area contributed by atoms with E-state index in [2.05, 4.69) is 23.8 Å². The lowest BCUT2D eigenvalue weighted by Gasteiger charge is -2.45. The highest BCUT2D eigenvalue weighted by atomic mass is 32.1. The normalized spacial score (nSPS) is 27.9. The first-order valence-corrected chi connectivity index (χ1v) is 14.3. The van der Waals surface area contributed by atoms with Gasteiger partial charge in [0.25, 0.3) is 0 Å². The Hall–Kier alpha value is -2.99. The van der Waals surface area contributed by atoms with E-state index in [0.717, 1.165) is 9.75 Å². The first kappa shape index (κ1) is 25.3. The van der Waals surface area contributed by atoms with Crippen LogP contribution in [0, 0.1) is 10.8 Å². The maximum Gasteiger partial charge on any atom is 0.181 e. The van der Waals surface area contributed by atoms with E-state index < -0.39 is 10.8 Å². The molecule has 0 bridgehead atoms. The molecule has 38 heavy (non-hydrogen) atoms. The lowest BCUT2D eigenvalue weighted by Crippen LogP contribution is -2.47.